The molecule has 1 aliphatic rings. The zero-order valence-electron chi connectivity index (χ0n) is 8.03. The third-order valence-electron chi connectivity index (χ3n) is 2.26. The molecule has 0 saturated carbocycles. The summed E-state index contributed by atoms with van der Waals surface area (Å²) >= 11 is 0. The predicted octanol–water partition coefficient (Wildman–Crippen LogP) is 2.42. The first-order valence-corrected chi connectivity index (χ1v) is 4.77. The summed E-state index contributed by atoms with van der Waals surface area (Å²) in [4.78, 5) is 6.49. The summed E-state index contributed by atoms with van der Waals surface area (Å²) in [6.45, 7) is 5.33. The van der Waals surface area contributed by atoms with E-state index >= 15 is 0 Å². The molecule has 0 radical (unpaired) electrons. The zero-order valence-corrected chi connectivity index (χ0v) is 8.03. The number of nitrogens with zero attached hydrogens (tertiary/aromatic N) is 2. The van der Waals surface area contributed by atoms with Gasteiger partial charge in [0.1, 0.15) is 6.67 Å². The van der Waals surface area contributed by atoms with Crippen molar-refractivity contribution in [2.45, 2.75) is 39.2 Å². The molecule has 0 spiro atoms. The Balaban J connectivity index is 2.27. The van der Waals surface area contributed by atoms with Crippen molar-refractivity contribution in [3.05, 3.63) is 12.3 Å². The van der Waals surface area contributed by atoms with Crippen LogP contribution in [0.3, 0.4) is 0 Å². The molecule has 1 rings (SSSR count). The van der Waals surface area contributed by atoms with E-state index in [1.807, 2.05) is 12.3 Å². The summed E-state index contributed by atoms with van der Waals surface area (Å²) in [7, 11) is 0. The van der Waals surface area contributed by atoms with Crippen LogP contribution in [0.5, 0.6) is 0 Å². The maximum Gasteiger partial charge on any atom is 0.109 e. The molecule has 1 heterocycles. The second-order valence-electron chi connectivity index (χ2n) is 3.32. The molecule has 2 nitrogen and oxygen atoms in total. The molecule has 0 aromatic heterocycles. The molecule has 0 bridgehead atoms. The fraction of sp³-hybridized carbons (Fsp3) is 0.700. The van der Waals surface area contributed by atoms with E-state index in [4.69, 9.17) is 0 Å². The van der Waals surface area contributed by atoms with Gasteiger partial charge in [0, 0.05) is 18.5 Å². The second kappa shape index (κ2) is 4.96. The highest BCUT2D eigenvalue weighted by molar-refractivity contribution is 5.71. The van der Waals surface area contributed by atoms with Gasteiger partial charge >= 0.3 is 0 Å². The third kappa shape index (κ3) is 2.68. The van der Waals surface area contributed by atoms with Crippen LogP contribution in [0.15, 0.2) is 17.3 Å². The van der Waals surface area contributed by atoms with Crippen LogP contribution < -0.4 is 0 Å². The Kier molecular flexibility index (Phi) is 3.85. The topological polar surface area (TPSA) is 15.6 Å². The summed E-state index contributed by atoms with van der Waals surface area (Å²) in [5, 5.41) is 0. The number of hydrogen-bond donors (Lipinski definition) is 0. The standard InChI is InChI=1S/C10H18N2/c1-3-4-6-10(2)12-8-5-7-11-9-12/h5,7-8,10H,3-4,6,9H2,1-2H3. The molecule has 0 amide bonds. The Bertz CT molecular complexity index is 173. The van der Waals surface area contributed by atoms with E-state index in [0.717, 1.165) is 6.67 Å². The third-order valence-corrected chi connectivity index (χ3v) is 2.26. The van der Waals surface area contributed by atoms with Crippen molar-refractivity contribution >= 4 is 6.21 Å². The normalized spacial score (nSPS) is 18.3. The van der Waals surface area contributed by atoms with Crippen molar-refractivity contribution < 1.29 is 0 Å². The molecule has 0 saturated heterocycles. The van der Waals surface area contributed by atoms with Crippen molar-refractivity contribution in [2.24, 2.45) is 4.99 Å². The Hall–Kier alpha value is -0.790. The van der Waals surface area contributed by atoms with Crippen LogP contribution in [0.4, 0.5) is 0 Å². The van der Waals surface area contributed by atoms with Crippen LogP contribution in [0.25, 0.3) is 0 Å². The molecular formula is C10H18N2. The zero-order chi connectivity index (χ0) is 8.81. The second-order valence-corrected chi connectivity index (χ2v) is 3.32. The first-order chi connectivity index (χ1) is 5.84. The van der Waals surface area contributed by atoms with Gasteiger partial charge in [0.15, 0.2) is 0 Å². The van der Waals surface area contributed by atoms with Crippen LogP contribution >= 0.6 is 0 Å². The van der Waals surface area contributed by atoms with E-state index in [-0.39, 0.29) is 0 Å². The fourth-order valence-corrected chi connectivity index (χ4v) is 1.35. The highest BCUT2D eigenvalue weighted by Gasteiger charge is 2.08. The SMILES string of the molecule is CCCCC(C)N1C=CC=NC1. The fourth-order valence-electron chi connectivity index (χ4n) is 1.35. The van der Waals surface area contributed by atoms with E-state index in [0.29, 0.717) is 6.04 Å². The molecule has 0 aromatic carbocycles. The smallest absolute Gasteiger partial charge is 0.109 e. The predicted molar refractivity (Wildman–Crippen MR) is 53.3 cm³/mol. The molecule has 12 heavy (non-hydrogen) atoms. The van der Waals surface area contributed by atoms with E-state index in [9.17, 15) is 0 Å². The van der Waals surface area contributed by atoms with Gasteiger partial charge in [0.2, 0.25) is 0 Å². The van der Waals surface area contributed by atoms with Crippen molar-refractivity contribution in [2.75, 3.05) is 6.67 Å². The van der Waals surface area contributed by atoms with Gasteiger partial charge in [0.25, 0.3) is 0 Å². The van der Waals surface area contributed by atoms with Gasteiger partial charge in [-0.3, -0.25) is 4.99 Å². The largest absolute Gasteiger partial charge is 0.356 e. The number of aliphatic imine (C=N–C) groups is 1. The lowest BCUT2D eigenvalue weighted by molar-refractivity contribution is 0.281. The van der Waals surface area contributed by atoms with Crippen molar-refractivity contribution in [1.29, 1.82) is 0 Å². The minimum Gasteiger partial charge on any atom is -0.356 e. The monoisotopic (exact) mass is 166 g/mol. The molecule has 2 heteroatoms. The van der Waals surface area contributed by atoms with Gasteiger partial charge in [-0.15, -0.1) is 0 Å². The van der Waals surface area contributed by atoms with E-state index in [1.165, 1.54) is 19.3 Å². The lowest BCUT2D eigenvalue weighted by Gasteiger charge is -2.27. The summed E-state index contributed by atoms with van der Waals surface area (Å²) in [5.74, 6) is 0. The van der Waals surface area contributed by atoms with Gasteiger partial charge in [-0.1, -0.05) is 19.8 Å². The lowest BCUT2D eigenvalue weighted by Crippen LogP contribution is -2.29. The average molecular weight is 166 g/mol. The minimum atomic E-state index is 0.638. The molecule has 1 unspecified atom stereocenters. The molecular weight excluding hydrogens is 148 g/mol. The van der Waals surface area contributed by atoms with Gasteiger partial charge < -0.3 is 4.90 Å². The van der Waals surface area contributed by atoms with Gasteiger partial charge in [-0.05, 0) is 19.4 Å². The molecule has 1 aliphatic heterocycles. The first kappa shape index (κ1) is 9.30. The van der Waals surface area contributed by atoms with Gasteiger partial charge in [0.05, 0.1) is 0 Å². The van der Waals surface area contributed by atoms with Gasteiger partial charge in [-0.2, -0.15) is 0 Å². The average Bonchev–Trinajstić information content (AvgIpc) is 2.15. The Labute approximate surface area is 75.0 Å². The minimum absolute atomic E-state index is 0.638. The van der Waals surface area contributed by atoms with Gasteiger partial charge in [-0.25, -0.2) is 0 Å². The Morgan fingerprint density at radius 1 is 1.58 bits per heavy atom. The molecule has 1 atom stereocenters. The summed E-state index contributed by atoms with van der Waals surface area (Å²) in [6, 6.07) is 0.638. The van der Waals surface area contributed by atoms with Crippen LogP contribution in [-0.2, 0) is 0 Å². The summed E-state index contributed by atoms with van der Waals surface area (Å²) in [5.41, 5.74) is 0. The maximum absolute atomic E-state index is 4.20. The van der Waals surface area contributed by atoms with Crippen LogP contribution in [0.2, 0.25) is 0 Å². The van der Waals surface area contributed by atoms with Crippen LogP contribution in [0.1, 0.15) is 33.1 Å². The highest BCUT2D eigenvalue weighted by atomic mass is 15.2. The first-order valence-electron chi connectivity index (χ1n) is 4.77. The molecule has 0 aliphatic carbocycles. The number of hydrogen-bond acceptors (Lipinski definition) is 2. The lowest BCUT2D eigenvalue weighted by atomic mass is 10.1. The van der Waals surface area contributed by atoms with Crippen molar-refractivity contribution in [3.63, 3.8) is 0 Å². The molecule has 0 N–H and O–H groups in total. The number of allylic oxidation sites excluding steroid dienone is 1. The molecule has 0 fully saturated rings. The van der Waals surface area contributed by atoms with Crippen molar-refractivity contribution in [3.8, 4) is 0 Å². The van der Waals surface area contributed by atoms with Crippen molar-refractivity contribution in [1.82, 2.24) is 4.90 Å². The maximum atomic E-state index is 4.20. The summed E-state index contributed by atoms with van der Waals surface area (Å²) < 4.78 is 0. The van der Waals surface area contributed by atoms with Crippen LogP contribution in [-0.4, -0.2) is 23.8 Å². The molecule has 0 aromatic rings. The van der Waals surface area contributed by atoms with Crippen LogP contribution in [0, 0.1) is 0 Å². The van der Waals surface area contributed by atoms with E-state index < -0.39 is 0 Å². The summed E-state index contributed by atoms with van der Waals surface area (Å²) in [6.07, 6.45) is 9.87. The quantitative estimate of drug-likeness (QED) is 0.626. The number of rotatable bonds is 4. The Morgan fingerprint density at radius 2 is 2.42 bits per heavy atom. The highest BCUT2D eigenvalue weighted by Crippen LogP contribution is 2.09. The Morgan fingerprint density at radius 3 is 3.00 bits per heavy atom. The molecule has 68 valence electrons. The number of unbranched alkanes of at least 4 members (excludes halogenated alkanes) is 1. The van der Waals surface area contributed by atoms with E-state index in [1.54, 1.807) is 0 Å². The van der Waals surface area contributed by atoms with E-state index in [2.05, 4.69) is 29.9 Å².